The lowest BCUT2D eigenvalue weighted by molar-refractivity contribution is 0.618. The molecule has 2 aliphatic carbocycles. The molecule has 342 valence electrons. The van der Waals surface area contributed by atoms with Gasteiger partial charge in [0.25, 0.3) is 0 Å². The fraction of sp³-hybridized carbons (Fsp3) is 0.0909. The summed E-state index contributed by atoms with van der Waals surface area (Å²) in [5.41, 5.74) is 25.5. The van der Waals surface area contributed by atoms with Crippen LogP contribution in [0.4, 0.5) is 0 Å². The summed E-state index contributed by atoms with van der Waals surface area (Å²) in [7, 11) is 0. The molecule has 0 atom stereocenters. The molecule has 0 N–H and O–H groups in total. The van der Waals surface area contributed by atoms with Gasteiger partial charge in [0, 0.05) is 39.3 Å². The number of aromatic nitrogens is 4. The van der Waals surface area contributed by atoms with Crippen molar-refractivity contribution in [2.24, 2.45) is 0 Å². The van der Waals surface area contributed by atoms with Crippen molar-refractivity contribution < 1.29 is 8.83 Å². The van der Waals surface area contributed by atoms with Crippen molar-refractivity contribution in [2.75, 3.05) is 0 Å². The van der Waals surface area contributed by atoms with E-state index in [1.807, 2.05) is 72.9 Å². The highest BCUT2D eigenvalue weighted by Crippen LogP contribution is 2.52. The van der Waals surface area contributed by atoms with Crippen molar-refractivity contribution in [1.82, 2.24) is 19.9 Å². The third-order valence-electron chi connectivity index (χ3n) is 15.3. The van der Waals surface area contributed by atoms with Crippen LogP contribution in [0.15, 0.2) is 215 Å². The Morgan fingerprint density at radius 3 is 1.19 bits per heavy atom. The van der Waals surface area contributed by atoms with E-state index in [1.54, 1.807) is 0 Å². The predicted octanol–water partition coefficient (Wildman–Crippen LogP) is 17.0. The van der Waals surface area contributed by atoms with E-state index in [0.29, 0.717) is 11.8 Å². The summed E-state index contributed by atoms with van der Waals surface area (Å²) in [4.78, 5) is 19.6. The first-order valence-corrected chi connectivity index (χ1v) is 24.6. The molecule has 0 bridgehead atoms. The van der Waals surface area contributed by atoms with Gasteiger partial charge in [-0.25, -0.2) is 15.0 Å². The average Bonchev–Trinajstić information content (AvgIpc) is 4.18. The zero-order valence-electron chi connectivity index (χ0n) is 40.2. The van der Waals surface area contributed by atoms with Crippen LogP contribution in [0.5, 0.6) is 0 Å². The number of oxazole rings is 2. The Kier molecular flexibility index (Phi) is 9.18. The Morgan fingerprint density at radius 1 is 0.319 bits per heavy atom. The predicted molar refractivity (Wildman–Crippen MR) is 290 cm³/mol. The van der Waals surface area contributed by atoms with Gasteiger partial charge in [0.2, 0.25) is 11.8 Å². The van der Waals surface area contributed by atoms with Gasteiger partial charge in [0.05, 0.1) is 17.1 Å². The molecule has 0 amide bonds. The lowest BCUT2D eigenvalue weighted by Crippen LogP contribution is -2.15. The summed E-state index contributed by atoms with van der Waals surface area (Å²) in [6.45, 7) is 9.27. The molecule has 0 saturated heterocycles. The standard InChI is InChI=1S/C66H46N4O2/c1-65(2)52-35-43(24-28-48(52)50-30-26-45(37-54(50)65)63-69-58-12-5-7-14-60(58)71-63)39-16-20-41(21-17-39)47-32-33-57(56-11-9-10-34-67-56)68-62(47)42-22-18-40(19-23-42)44-25-29-49-51-31-27-46(38-55(51)66(3,4)53(49)36-44)64-70-59-13-6-8-15-61(59)72-64/h5-38H,1-4H3. The van der Waals surface area contributed by atoms with Gasteiger partial charge >= 0.3 is 0 Å². The van der Waals surface area contributed by atoms with Crippen LogP contribution in [0.25, 0.3) is 123 Å². The molecular weight excluding hydrogens is 881 g/mol. The van der Waals surface area contributed by atoms with E-state index in [-0.39, 0.29) is 10.8 Å². The van der Waals surface area contributed by atoms with Crippen LogP contribution in [0.2, 0.25) is 0 Å². The summed E-state index contributed by atoms with van der Waals surface area (Å²) >= 11 is 0. The van der Waals surface area contributed by atoms with E-state index in [9.17, 15) is 0 Å². The van der Waals surface area contributed by atoms with Crippen molar-refractivity contribution in [1.29, 1.82) is 0 Å². The first kappa shape index (κ1) is 41.9. The second-order valence-corrected chi connectivity index (χ2v) is 20.2. The summed E-state index contributed by atoms with van der Waals surface area (Å²) in [6.07, 6.45) is 1.82. The summed E-state index contributed by atoms with van der Waals surface area (Å²) in [6, 6.07) is 70.9. The van der Waals surface area contributed by atoms with E-state index in [0.717, 1.165) is 78.2 Å². The molecule has 4 heterocycles. The molecule has 12 aromatic rings. The number of benzene rings is 8. The molecule has 2 aliphatic rings. The van der Waals surface area contributed by atoms with Gasteiger partial charge in [-0.1, -0.05) is 143 Å². The fourth-order valence-electron chi connectivity index (χ4n) is 11.3. The van der Waals surface area contributed by atoms with Gasteiger partial charge in [-0.05, 0) is 157 Å². The SMILES string of the molecule is CC1(C)c2cc(-c3ccc(-c4ccc(-c5ccccn5)nc4-c4ccc(-c5ccc6c(c5)C(C)(C)c5cc(-c7nc8ccccc8o7)ccc5-6)cc4)cc3)ccc2-c2ccc(-c3nc4ccccc4o3)cc21. The highest BCUT2D eigenvalue weighted by Gasteiger charge is 2.38. The van der Waals surface area contributed by atoms with Crippen LogP contribution >= 0.6 is 0 Å². The Bertz CT molecular complexity index is 4080. The van der Waals surface area contributed by atoms with Gasteiger partial charge in [0.15, 0.2) is 11.2 Å². The van der Waals surface area contributed by atoms with Gasteiger partial charge in [-0.3, -0.25) is 4.98 Å². The Balaban J connectivity index is 0.764. The van der Waals surface area contributed by atoms with E-state index in [4.69, 9.17) is 23.8 Å². The van der Waals surface area contributed by atoms with E-state index in [2.05, 4.69) is 166 Å². The van der Waals surface area contributed by atoms with Gasteiger partial charge in [-0.2, -0.15) is 0 Å². The van der Waals surface area contributed by atoms with Crippen LogP contribution in [0.3, 0.4) is 0 Å². The van der Waals surface area contributed by atoms with Crippen molar-refractivity contribution >= 4 is 22.2 Å². The minimum Gasteiger partial charge on any atom is -0.436 e. The number of hydrogen-bond donors (Lipinski definition) is 0. The number of para-hydroxylation sites is 4. The van der Waals surface area contributed by atoms with Crippen LogP contribution in [0, 0.1) is 0 Å². The maximum absolute atomic E-state index is 6.18. The monoisotopic (exact) mass is 926 g/mol. The summed E-state index contributed by atoms with van der Waals surface area (Å²) in [5, 5.41) is 0. The first-order valence-electron chi connectivity index (χ1n) is 24.6. The second kappa shape index (κ2) is 15.8. The van der Waals surface area contributed by atoms with Crippen LogP contribution in [0.1, 0.15) is 49.9 Å². The zero-order chi connectivity index (χ0) is 48.3. The molecule has 8 aromatic carbocycles. The lowest BCUT2D eigenvalue weighted by Gasteiger charge is -2.22. The molecule has 0 saturated carbocycles. The molecule has 0 fully saturated rings. The minimum absolute atomic E-state index is 0.211. The maximum atomic E-state index is 6.18. The maximum Gasteiger partial charge on any atom is 0.227 e. The Labute approximate surface area is 417 Å². The second-order valence-electron chi connectivity index (χ2n) is 20.2. The van der Waals surface area contributed by atoms with Crippen LogP contribution in [-0.2, 0) is 10.8 Å². The molecular formula is C66H46N4O2. The number of pyridine rings is 2. The number of nitrogens with zero attached hydrogens (tertiary/aromatic N) is 4. The number of rotatable bonds is 7. The zero-order valence-corrected chi connectivity index (χ0v) is 40.2. The molecule has 0 aliphatic heterocycles. The van der Waals surface area contributed by atoms with Gasteiger partial charge < -0.3 is 8.83 Å². The molecule has 72 heavy (non-hydrogen) atoms. The largest absolute Gasteiger partial charge is 0.436 e. The highest BCUT2D eigenvalue weighted by molar-refractivity contribution is 5.90. The van der Waals surface area contributed by atoms with Gasteiger partial charge in [0.1, 0.15) is 11.0 Å². The Hall–Kier alpha value is -9.00. The molecule has 6 heteroatoms. The first-order chi connectivity index (χ1) is 35.1. The third kappa shape index (κ3) is 6.63. The number of fused-ring (bicyclic) bond motifs is 8. The van der Waals surface area contributed by atoms with Gasteiger partial charge in [-0.15, -0.1) is 0 Å². The van der Waals surface area contributed by atoms with Crippen molar-refractivity contribution in [3.63, 3.8) is 0 Å². The topological polar surface area (TPSA) is 77.8 Å². The third-order valence-corrected chi connectivity index (χ3v) is 15.3. The quantitative estimate of drug-likeness (QED) is 0.158. The minimum atomic E-state index is -0.216. The molecule has 14 rings (SSSR count). The molecule has 4 aromatic heterocycles. The smallest absolute Gasteiger partial charge is 0.227 e. The lowest BCUT2D eigenvalue weighted by atomic mass is 9.81. The van der Waals surface area contributed by atoms with E-state index >= 15 is 0 Å². The van der Waals surface area contributed by atoms with Crippen LogP contribution < -0.4 is 0 Å². The normalized spacial score (nSPS) is 13.8. The van der Waals surface area contributed by atoms with Crippen molar-refractivity contribution in [3.8, 4) is 101 Å². The molecule has 0 unspecified atom stereocenters. The number of hydrogen-bond acceptors (Lipinski definition) is 6. The summed E-state index contributed by atoms with van der Waals surface area (Å²) < 4.78 is 12.4. The van der Waals surface area contributed by atoms with E-state index in [1.165, 1.54) is 55.6 Å². The van der Waals surface area contributed by atoms with E-state index < -0.39 is 0 Å². The average molecular weight is 927 g/mol. The van der Waals surface area contributed by atoms with Crippen molar-refractivity contribution in [2.45, 2.75) is 38.5 Å². The summed E-state index contributed by atoms with van der Waals surface area (Å²) in [5.74, 6) is 1.29. The van der Waals surface area contributed by atoms with Crippen LogP contribution in [-0.4, -0.2) is 19.9 Å². The Morgan fingerprint density at radius 2 is 0.722 bits per heavy atom. The molecule has 6 nitrogen and oxygen atoms in total. The molecule has 0 radical (unpaired) electrons. The fourth-order valence-corrected chi connectivity index (χ4v) is 11.3. The highest BCUT2D eigenvalue weighted by atomic mass is 16.4. The molecule has 0 spiro atoms. The van der Waals surface area contributed by atoms with Crippen molar-refractivity contribution in [3.05, 3.63) is 229 Å².